The molecule has 0 amide bonds. The van der Waals surface area contributed by atoms with Gasteiger partial charge in [-0.05, 0) is 17.2 Å². The molecule has 1 aliphatic rings. The first-order valence-corrected chi connectivity index (χ1v) is 5.48. The van der Waals surface area contributed by atoms with Crippen LogP contribution in [0.2, 0.25) is 10.0 Å². The van der Waals surface area contributed by atoms with Gasteiger partial charge in [0, 0.05) is 24.7 Å². The summed E-state index contributed by atoms with van der Waals surface area (Å²) in [5.41, 5.74) is 3.34. The Kier molecular flexibility index (Phi) is 2.09. The van der Waals surface area contributed by atoms with Crippen molar-refractivity contribution in [3.05, 3.63) is 39.5 Å². The van der Waals surface area contributed by atoms with Gasteiger partial charge in [0.25, 0.3) is 0 Å². The van der Waals surface area contributed by atoms with Gasteiger partial charge in [-0.1, -0.05) is 29.3 Å². The van der Waals surface area contributed by atoms with Crippen LogP contribution in [0, 0.1) is 0 Å². The first-order valence-electron chi connectivity index (χ1n) is 4.72. The van der Waals surface area contributed by atoms with Gasteiger partial charge < -0.3 is 5.32 Å². The van der Waals surface area contributed by atoms with Crippen molar-refractivity contribution in [3.8, 4) is 0 Å². The summed E-state index contributed by atoms with van der Waals surface area (Å²) >= 11 is 12.1. The minimum absolute atomic E-state index is 0.545. The normalized spacial score (nSPS) is 14.5. The Hall–Kier alpha value is -0.830. The maximum Gasteiger partial charge on any atom is 0.0906 e. The van der Waals surface area contributed by atoms with E-state index in [4.69, 9.17) is 23.2 Å². The van der Waals surface area contributed by atoms with Crippen LogP contribution in [0.1, 0.15) is 11.1 Å². The third-order valence-electron chi connectivity index (χ3n) is 2.75. The van der Waals surface area contributed by atoms with E-state index in [0.717, 1.165) is 24.0 Å². The number of nitrogens with zero attached hydrogens (tertiary/aromatic N) is 1. The predicted molar refractivity (Wildman–Crippen MR) is 62.3 cm³/mol. The van der Waals surface area contributed by atoms with Crippen LogP contribution in [0.3, 0.4) is 0 Å². The molecule has 0 radical (unpaired) electrons. The van der Waals surface area contributed by atoms with Gasteiger partial charge in [0.1, 0.15) is 0 Å². The SMILES string of the molecule is Clc1ccc2c3c(cnc2c1Cl)CNC3. The number of pyridine rings is 1. The fourth-order valence-corrected chi connectivity index (χ4v) is 2.35. The van der Waals surface area contributed by atoms with Crippen LogP contribution in [0.5, 0.6) is 0 Å². The predicted octanol–water partition coefficient (Wildman–Crippen LogP) is 3.14. The monoisotopic (exact) mass is 238 g/mol. The molecule has 0 atom stereocenters. The van der Waals surface area contributed by atoms with Crippen LogP contribution < -0.4 is 5.32 Å². The van der Waals surface area contributed by atoms with E-state index in [2.05, 4.69) is 10.3 Å². The molecular formula is C11H8Cl2N2. The van der Waals surface area contributed by atoms with Crippen molar-refractivity contribution >= 4 is 34.1 Å². The molecule has 0 unspecified atom stereocenters. The lowest BCUT2D eigenvalue weighted by Gasteiger charge is -2.06. The average molecular weight is 239 g/mol. The van der Waals surface area contributed by atoms with Gasteiger partial charge in [-0.25, -0.2) is 0 Å². The van der Waals surface area contributed by atoms with Crippen molar-refractivity contribution < 1.29 is 0 Å². The van der Waals surface area contributed by atoms with Crippen LogP contribution in [0.15, 0.2) is 18.3 Å². The highest BCUT2D eigenvalue weighted by atomic mass is 35.5. The first kappa shape index (κ1) is 9.40. The molecule has 76 valence electrons. The Bertz CT molecular complexity index is 552. The van der Waals surface area contributed by atoms with E-state index in [0.29, 0.717) is 10.0 Å². The lowest BCUT2D eigenvalue weighted by molar-refractivity contribution is 0.765. The molecule has 0 fully saturated rings. The zero-order valence-electron chi connectivity index (χ0n) is 7.85. The van der Waals surface area contributed by atoms with Gasteiger partial charge >= 0.3 is 0 Å². The standard InChI is InChI=1S/C11H8Cl2N2/c12-9-2-1-7-8-5-14-3-6(8)4-15-11(7)10(9)13/h1-2,4,14H,3,5H2. The number of halogens is 2. The molecule has 1 aromatic heterocycles. The fraction of sp³-hybridized carbons (Fsp3) is 0.182. The number of hydrogen-bond donors (Lipinski definition) is 1. The van der Waals surface area contributed by atoms with Crippen LogP contribution in [-0.4, -0.2) is 4.98 Å². The number of rotatable bonds is 0. The van der Waals surface area contributed by atoms with Crippen molar-refractivity contribution in [1.29, 1.82) is 0 Å². The van der Waals surface area contributed by atoms with E-state index in [-0.39, 0.29) is 0 Å². The summed E-state index contributed by atoms with van der Waals surface area (Å²) < 4.78 is 0. The Morgan fingerprint density at radius 2 is 2.07 bits per heavy atom. The lowest BCUT2D eigenvalue weighted by Crippen LogP contribution is -2.00. The maximum atomic E-state index is 6.11. The molecule has 1 N–H and O–H groups in total. The number of hydrogen-bond acceptors (Lipinski definition) is 2. The second-order valence-corrected chi connectivity index (χ2v) is 4.41. The Morgan fingerprint density at radius 1 is 1.20 bits per heavy atom. The van der Waals surface area contributed by atoms with Crippen LogP contribution >= 0.6 is 23.2 Å². The van der Waals surface area contributed by atoms with Gasteiger partial charge in [-0.2, -0.15) is 0 Å². The number of nitrogens with one attached hydrogen (secondary N) is 1. The second kappa shape index (κ2) is 3.34. The van der Waals surface area contributed by atoms with Gasteiger partial charge in [0.05, 0.1) is 15.6 Å². The third-order valence-corrected chi connectivity index (χ3v) is 3.54. The van der Waals surface area contributed by atoms with Crippen molar-refractivity contribution in [2.24, 2.45) is 0 Å². The summed E-state index contributed by atoms with van der Waals surface area (Å²) in [6, 6.07) is 3.81. The highest BCUT2D eigenvalue weighted by Gasteiger charge is 2.16. The van der Waals surface area contributed by atoms with Crippen LogP contribution in [-0.2, 0) is 13.1 Å². The molecule has 2 aromatic rings. The van der Waals surface area contributed by atoms with Crippen molar-refractivity contribution in [1.82, 2.24) is 10.3 Å². The Labute approximate surface area is 97.2 Å². The number of benzene rings is 1. The van der Waals surface area contributed by atoms with Crippen LogP contribution in [0.25, 0.3) is 10.9 Å². The van der Waals surface area contributed by atoms with Crippen molar-refractivity contribution in [2.75, 3.05) is 0 Å². The van der Waals surface area contributed by atoms with Crippen molar-refractivity contribution in [3.63, 3.8) is 0 Å². The number of fused-ring (bicyclic) bond motifs is 3. The van der Waals surface area contributed by atoms with Gasteiger partial charge in [0.2, 0.25) is 0 Å². The van der Waals surface area contributed by atoms with Gasteiger partial charge in [0.15, 0.2) is 0 Å². The summed E-state index contributed by atoms with van der Waals surface area (Å²) in [5, 5.41) is 5.50. The molecule has 3 rings (SSSR count). The Balaban J connectivity index is 2.43. The molecule has 15 heavy (non-hydrogen) atoms. The molecule has 1 aliphatic heterocycles. The van der Waals surface area contributed by atoms with E-state index >= 15 is 0 Å². The third kappa shape index (κ3) is 1.33. The molecule has 2 nitrogen and oxygen atoms in total. The first-order chi connectivity index (χ1) is 7.27. The van der Waals surface area contributed by atoms with E-state index in [1.807, 2.05) is 18.3 Å². The minimum atomic E-state index is 0.545. The minimum Gasteiger partial charge on any atom is -0.309 e. The molecule has 0 aliphatic carbocycles. The fourth-order valence-electron chi connectivity index (χ4n) is 1.99. The van der Waals surface area contributed by atoms with Crippen molar-refractivity contribution in [2.45, 2.75) is 13.1 Å². The molecule has 0 spiro atoms. The summed E-state index contributed by atoms with van der Waals surface area (Å²) in [6.07, 6.45) is 1.87. The summed E-state index contributed by atoms with van der Waals surface area (Å²) in [6.45, 7) is 1.77. The molecule has 1 aromatic carbocycles. The topological polar surface area (TPSA) is 24.9 Å². The summed E-state index contributed by atoms with van der Waals surface area (Å²) in [7, 11) is 0. The molecule has 2 heterocycles. The summed E-state index contributed by atoms with van der Waals surface area (Å²) in [4.78, 5) is 4.36. The average Bonchev–Trinajstić information content (AvgIpc) is 2.71. The largest absolute Gasteiger partial charge is 0.309 e. The van der Waals surface area contributed by atoms with E-state index < -0.39 is 0 Å². The highest BCUT2D eigenvalue weighted by Crippen LogP contribution is 2.33. The van der Waals surface area contributed by atoms with Crippen LogP contribution in [0.4, 0.5) is 0 Å². The van der Waals surface area contributed by atoms with E-state index in [9.17, 15) is 0 Å². The molecular weight excluding hydrogens is 231 g/mol. The molecule has 4 heteroatoms. The molecule has 0 saturated carbocycles. The molecule has 0 saturated heterocycles. The smallest absolute Gasteiger partial charge is 0.0906 e. The summed E-state index contributed by atoms with van der Waals surface area (Å²) in [5.74, 6) is 0. The second-order valence-electron chi connectivity index (χ2n) is 3.62. The van der Waals surface area contributed by atoms with Gasteiger partial charge in [-0.3, -0.25) is 4.98 Å². The zero-order chi connectivity index (χ0) is 10.4. The zero-order valence-corrected chi connectivity index (χ0v) is 9.36. The van der Waals surface area contributed by atoms with E-state index in [1.54, 1.807) is 0 Å². The Morgan fingerprint density at radius 3 is 2.93 bits per heavy atom. The number of aromatic nitrogens is 1. The quantitative estimate of drug-likeness (QED) is 0.763. The van der Waals surface area contributed by atoms with Gasteiger partial charge in [-0.15, -0.1) is 0 Å². The maximum absolute atomic E-state index is 6.11. The molecule has 0 bridgehead atoms. The lowest BCUT2D eigenvalue weighted by atomic mass is 10.1. The highest BCUT2D eigenvalue weighted by molar-refractivity contribution is 6.45. The van der Waals surface area contributed by atoms with E-state index in [1.165, 1.54) is 11.1 Å².